The van der Waals surface area contributed by atoms with Crippen molar-refractivity contribution < 1.29 is 13.9 Å². The number of benzene rings is 1. The number of halogens is 1. The Bertz CT molecular complexity index is 922. The molecular weight excluding hydrogens is 385 g/mol. The number of piperidine rings is 1. The van der Waals surface area contributed by atoms with Crippen molar-refractivity contribution in [3.63, 3.8) is 0 Å². The highest BCUT2D eigenvalue weighted by atomic mass is 19.1. The minimum atomic E-state index is -0.419. The highest BCUT2D eigenvalue weighted by molar-refractivity contribution is 5.81. The van der Waals surface area contributed by atoms with Crippen LogP contribution in [0, 0.1) is 23.1 Å². The Morgan fingerprint density at radius 1 is 1.20 bits per heavy atom. The number of carbonyl (C=O) groups is 1. The highest BCUT2D eigenvalue weighted by Gasteiger charge is 2.34. The molecule has 2 aliphatic rings. The SMILES string of the molecule is N=C(N)Cc1cccc(-c2cnc(OCC3CCN(C(=O)C4CC4)CC3)nc2)c1F. The fourth-order valence-electron chi connectivity index (χ4n) is 3.78. The van der Waals surface area contributed by atoms with Gasteiger partial charge in [-0.1, -0.05) is 18.2 Å². The lowest BCUT2D eigenvalue weighted by molar-refractivity contribution is -0.134. The summed E-state index contributed by atoms with van der Waals surface area (Å²) in [5, 5.41) is 7.37. The predicted octanol–water partition coefficient (Wildman–Crippen LogP) is 2.79. The molecule has 1 aromatic heterocycles. The van der Waals surface area contributed by atoms with Gasteiger partial charge in [-0.2, -0.15) is 0 Å². The number of aromatic nitrogens is 2. The molecule has 158 valence electrons. The normalized spacial score (nSPS) is 17.0. The Morgan fingerprint density at radius 3 is 2.53 bits per heavy atom. The van der Waals surface area contributed by atoms with Gasteiger partial charge in [0.05, 0.1) is 12.4 Å². The molecule has 2 aromatic rings. The van der Waals surface area contributed by atoms with Gasteiger partial charge in [0.2, 0.25) is 5.91 Å². The average Bonchev–Trinajstić information content (AvgIpc) is 3.59. The Kier molecular flexibility index (Phi) is 5.92. The zero-order valence-electron chi connectivity index (χ0n) is 16.8. The van der Waals surface area contributed by atoms with E-state index in [1.807, 2.05) is 4.90 Å². The lowest BCUT2D eigenvalue weighted by Gasteiger charge is -2.31. The molecule has 0 unspecified atom stereocenters. The summed E-state index contributed by atoms with van der Waals surface area (Å²) in [4.78, 5) is 22.5. The molecule has 7 nitrogen and oxygen atoms in total. The van der Waals surface area contributed by atoms with Crippen LogP contribution in [0.4, 0.5) is 4.39 Å². The van der Waals surface area contributed by atoms with Gasteiger partial charge in [0, 0.05) is 48.9 Å². The molecule has 8 heteroatoms. The summed E-state index contributed by atoms with van der Waals surface area (Å²) in [6, 6.07) is 5.24. The number of amidine groups is 1. The van der Waals surface area contributed by atoms with Crippen LogP contribution in [0.2, 0.25) is 0 Å². The minimum absolute atomic E-state index is 0.0623. The molecule has 2 heterocycles. The quantitative estimate of drug-likeness (QED) is 0.538. The molecule has 0 radical (unpaired) electrons. The van der Waals surface area contributed by atoms with Gasteiger partial charge in [0.15, 0.2) is 0 Å². The van der Waals surface area contributed by atoms with E-state index in [-0.39, 0.29) is 24.2 Å². The first-order chi connectivity index (χ1) is 14.5. The van der Waals surface area contributed by atoms with Crippen molar-refractivity contribution in [3.8, 4) is 17.1 Å². The fraction of sp³-hybridized carbons (Fsp3) is 0.455. The first-order valence-electron chi connectivity index (χ1n) is 10.4. The fourth-order valence-corrected chi connectivity index (χ4v) is 3.78. The first-order valence-corrected chi connectivity index (χ1v) is 10.4. The molecule has 0 spiro atoms. The average molecular weight is 411 g/mol. The van der Waals surface area contributed by atoms with Crippen molar-refractivity contribution in [1.29, 1.82) is 5.41 Å². The summed E-state index contributed by atoms with van der Waals surface area (Å²) in [5.41, 5.74) is 6.67. The van der Waals surface area contributed by atoms with Crippen LogP contribution in [-0.4, -0.2) is 46.3 Å². The van der Waals surface area contributed by atoms with E-state index in [4.69, 9.17) is 15.9 Å². The van der Waals surface area contributed by atoms with Crippen LogP contribution >= 0.6 is 0 Å². The zero-order chi connectivity index (χ0) is 21.1. The monoisotopic (exact) mass is 411 g/mol. The maximum absolute atomic E-state index is 14.7. The van der Waals surface area contributed by atoms with E-state index in [9.17, 15) is 9.18 Å². The highest BCUT2D eigenvalue weighted by Crippen LogP contribution is 2.32. The van der Waals surface area contributed by atoms with Crippen molar-refractivity contribution in [1.82, 2.24) is 14.9 Å². The topological polar surface area (TPSA) is 105 Å². The number of nitrogens with two attached hydrogens (primary N) is 1. The summed E-state index contributed by atoms with van der Waals surface area (Å²) >= 11 is 0. The molecule has 1 aromatic carbocycles. The third-order valence-electron chi connectivity index (χ3n) is 5.70. The number of amides is 1. The van der Waals surface area contributed by atoms with Gasteiger partial charge in [-0.05, 0) is 37.2 Å². The van der Waals surface area contributed by atoms with Crippen LogP contribution in [0.25, 0.3) is 11.1 Å². The van der Waals surface area contributed by atoms with Crippen LogP contribution in [0.5, 0.6) is 6.01 Å². The van der Waals surface area contributed by atoms with Gasteiger partial charge in [0.1, 0.15) is 5.82 Å². The van der Waals surface area contributed by atoms with Gasteiger partial charge in [-0.25, -0.2) is 14.4 Å². The van der Waals surface area contributed by atoms with E-state index < -0.39 is 5.82 Å². The Balaban J connectivity index is 1.31. The Labute approximate surface area is 175 Å². The zero-order valence-corrected chi connectivity index (χ0v) is 16.8. The maximum Gasteiger partial charge on any atom is 0.316 e. The van der Waals surface area contributed by atoms with E-state index in [1.165, 1.54) is 12.4 Å². The minimum Gasteiger partial charge on any atom is -0.463 e. The molecule has 0 bridgehead atoms. The number of hydrogen-bond donors (Lipinski definition) is 2. The van der Waals surface area contributed by atoms with Crippen molar-refractivity contribution in [2.45, 2.75) is 32.1 Å². The molecule has 1 amide bonds. The smallest absolute Gasteiger partial charge is 0.316 e. The predicted molar refractivity (Wildman–Crippen MR) is 111 cm³/mol. The van der Waals surface area contributed by atoms with Gasteiger partial charge in [0.25, 0.3) is 0 Å². The standard InChI is InChI=1S/C22H26FN5O2/c23-20-16(10-19(24)25)2-1-3-18(20)17-11-26-22(27-12-17)30-13-14-6-8-28(9-7-14)21(29)15-4-5-15/h1-3,11-12,14-15H,4-10,13H2,(H3,24,25). The molecule has 1 aliphatic heterocycles. The van der Waals surface area contributed by atoms with E-state index in [2.05, 4.69) is 9.97 Å². The van der Waals surface area contributed by atoms with Gasteiger partial charge >= 0.3 is 6.01 Å². The number of likely N-dealkylation sites (tertiary alicyclic amines) is 1. The number of hydrogen-bond acceptors (Lipinski definition) is 5. The van der Waals surface area contributed by atoms with E-state index in [1.54, 1.807) is 18.2 Å². The van der Waals surface area contributed by atoms with Gasteiger partial charge in [-0.15, -0.1) is 0 Å². The summed E-state index contributed by atoms with van der Waals surface area (Å²) in [6.07, 6.45) is 7.06. The molecule has 1 saturated heterocycles. The molecule has 3 N–H and O–H groups in total. The molecule has 1 aliphatic carbocycles. The van der Waals surface area contributed by atoms with Crippen LogP contribution in [0.1, 0.15) is 31.2 Å². The number of rotatable bonds is 7. The van der Waals surface area contributed by atoms with Crippen molar-refractivity contribution >= 4 is 11.7 Å². The van der Waals surface area contributed by atoms with Crippen molar-refractivity contribution in [2.24, 2.45) is 17.6 Å². The largest absolute Gasteiger partial charge is 0.463 e. The molecule has 30 heavy (non-hydrogen) atoms. The number of nitrogens with one attached hydrogen (secondary N) is 1. The van der Waals surface area contributed by atoms with E-state index in [0.717, 1.165) is 38.8 Å². The molecule has 1 saturated carbocycles. The summed E-state index contributed by atoms with van der Waals surface area (Å²) in [5.74, 6) is 0.453. The van der Waals surface area contributed by atoms with Crippen LogP contribution in [0.3, 0.4) is 0 Å². The van der Waals surface area contributed by atoms with E-state index in [0.29, 0.717) is 35.1 Å². The number of ether oxygens (including phenoxy) is 1. The second kappa shape index (κ2) is 8.77. The molecular formula is C22H26FN5O2. The third kappa shape index (κ3) is 4.75. The van der Waals surface area contributed by atoms with Crippen LogP contribution < -0.4 is 10.5 Å². The van der Waals surface area contributed by atoms with Crippen molar-refractivity contribution in [3.05, 3.63) is 42.0 Å². The maximum atomic E-state index is 14.7. The first kappa shape index (κ1) is 20.3. The Morgan fingerprint density at radius 2 is 1.90 bits per heavy atom. The lowest BCUT2D eigenvalue weighted by atomic mass is 9.97. The van der Waals surface area contributed by atoms with E-state index >= 15 is 0 Å². The molecule has 2 fully saturated rings. The van der Waals surface area contributed by atoms with Crippen LogP contribution in [0.15, 0.2) is 30.6 Å². The third-order valence-corrected chi connectivity index (χ3v) is 5.70. The van der Waals surface area contributed by atoms with Gasteiger partial charge in [-0.3, -0.25) is 10.2 Å². The summed E-state index contributed by atoms with van der Waals surface area (Å²) < 4.78 is 20.4. The van der Waals surface area contributed by atoms with Crippen LogP contribution in [-0.2, 0) is 11.2 Å². The molecule has 4 rings (SSSR count). The molecule has 0 atom stereocenters. The van der Waals surface area contributed by atoms with Gasteiger partial charge < -0.3 is 15.4 Å². The lowest BCUT2D eigenvalue weighted by Crippen LogP contribution is -2.40. The second-order valence-electron chi connectivity index (χ2n) is 8.09. The second-order valence-corrected chi connectivity index (χ2v) is 8.09. The summed E-state index contributed by atoms with van der Waals surface area (Å²) in [6.45, 7) is 2.09. The van der Waals surface area contributed by atoms with Crippen molar-refractivity contribution in [2.75, 3.05) is 19.7 Å². The summed E-state index contributed by atoms with van der Waals surface area (Å²) in [7, 11) is 0. The number of carbonyl (C=O) groups excluding carboxylic acids is 1. The Hall–Kier alpha value is -3.03. The number of nitrogens with zero attached hydrogens (tertiary/aromatic N) is 3.